The van der Waals surface area contributed by atoms with Crippen LogP contribution in [0.3, 0.4) is 0 Å². The van der Waals surface area contributed by atoms with E-state index in [1.807, 2.05) is 13.0 Å². The Morgan fingerprint density at radius 1 is 1.24 bits per heavy atom. The molecule has 0 amide bonds. The summed E-state index contributed by atoms with van der Waals surface area (Å²) in [6.45, 7) is 4.45. The van der Waals surface area contributed by atoms with Crippen LogP contribution in [0, 0.1) is 0 Å². The molecule has 0 aliphatic heterocycles. The maximum Gasteiger partial charge on any atom is 0.242 e. The maximum atomic E-state index is 12.3. The van der Waals surface area contributed by atoms with Gasteiger partial charge in [0.2, 0.25) is 10.0 Å². The molecule has 0 aromatic carbocycles. The summed E-state index contributed by atoms with van der Waals surface area (Å²) in [4.78, 5) is 8.20. The summed E-state index contributed by atoms with van der Waals surface area (Å²) in [5.41, 5.74) is 0.804. The van der Waals surface area contributed by atoms with Crippen LogP contribution in [0.2, 0.25) is 0 Å². The topological polar surface area (TPSA) is 84.0 Å². The van der Waals surface area contributed by atoms with Crippen LogP contribution in [0.1, 0.15) is 25.5 Å². The minimum atomic E-state index is -3.61. The lowest BCUT2D eigenvalue weighted by Gasteiger charge is -2.14. The van der Waals surface area contributed by atoms with Crippen LogP contribution < -0.4 is 10.0 Å². The Kier molecular flexibility index (Phi) is 4.87. The van der Waals surface area contributed by atoms with Gasteiger partial charge in [0, 0.05) is 31.2 Å². The van der Waals surface area contributed by atoms with E-state index >= 15 is 0 Å². The van der Waals surface area contributed by atoms with Gasteiger partial charge in [0.15, 0.2) is 0 Å². The number of rotatable bonds is 6. The van der Waals surface area contributed by atoms with E-state index in [9.17, 15) is 8.42 Å². The molecule has 6 nitrogen and oxygen atoms in total. The molecule has 0 spiro atoms. The van der Waals surface area contributed by atoms with Crippen LogP contribution in [0.15, 0.2) is 47.8 Å². The van der Waals surface area contributed by atoms with Gasteiger partial charge in [-0.3, -0.25) is 4.98 Å². The lowest BCUT2D eigenvalue weighted by molar-refractivity contribution is 0.566. The van der Waals surface area contributed by atoms with Crippen molar-refractivity contribution in [1.29, 1.82) is 0 Å². The zero-order chi connectivity index (χ0) is 15.3. The van der Waals surface area contributed by atoms with Gasteiger partial charge >= 0.3 is 0 Å². The molecule has 0 radical (unpaired) electrons. The van der Waals surface area contributed by atoms with Crippen molar-refractivity contribution in [3.63, 3.8) is 0 Å². The third kappa shape index (κ3) is 3.99. The molecular formula is C14H18N4O2S. The quantitative estimate of drug-likeness (QED) is 0.852. The predicted octanol–water partition coefficient (Wildman–Crippen LogP) is 1.95. The Bertz CT molecular complexity index is 672. The Balaban J connectivity index is 2.14. The molecule has 21 heavy (non-hydrogen) atoms. The van der Waals surface area contributed by atoms with Crippen LogP contribution in [-0.4, -0.2) is 24.9 Å². The van der Waals surface area contributed by atoms with Gasteiger partial charge in [0.05, 0.1) is 0 Å². The van der Waals surface area contributed by atoms with Crippen molar-refractivity contribution in [3.8, 4) is 0 Å². The summed E-state index contributed by atoms with van der Waals surface area (Å²) in [6, 6.07) is 6.41. The molecule has 2 rings (SSSR count). The molecule has 2 aromatic rings. The number of hydrogen-bond donors (Lipinski definition) is 2. The molecule has 1 unspecified atom stereocenters. The first-order chi connectivity index (χ1) is 10.0. The second kappa shape index (κ2) is 6.64. The van der Waals surface area contributed by atoms with E-state index in [1.165, 1.54) is 12.3 Å². The van der Waals surface area contributed by atoms with Gasteiger partial charge in [-0.05, 0) is 37.6 Å². The third-order valence-electron chi connectivity index (χ3n) is 2.92. The standard InChI is InChI=1S/C14H18N4O2S/c1-3-16-14-7-6-13(10-17-14)21(19,20)18-11(2)12-5-4-8-15-9-12/h4-11,18H,3H2,1-2H3,(H,16,17). The largest absolute Gasteiger partial charge is 0.370 e. The van der Waals surface area contributed by atoms with Gasteiger partial charge in [0.1, 0.15) is 10.7 Å². The summed E-state index contributed by atoms with van der Waals surface area (Å²) in [5.74, 6) is 0.650. The lowest BCUT2D eigenvalue weighted by Crippen LogP contribution is -2.27. The fraction of sp³-hybridized carbons (Fsp3) is 0.286. The summed E-state index contributed by atoms with van der Waals surface area (Å²) < 4.78 is 27.2. The number of aromatic nitrogens is 2. The van der Waals surface area contributed by atoms with Gasteiger partial charge in [0.25, 0.3) is 0 Å². The lowest BCUT2D eigenvalue weighted by atomic mass is 10.2. The number of nitrogens with zero attached hydrogens (tertiary/aromatic N) is 2. The molecule has 2 N–H and O–H groups in total. The van der Waals surface area contributed by atoms with Gasteiger partial charge in [-0.2, -0.15) is 0 Å². The van der Waals surface area contributed by atoms with E-state index in [2.05, 4.69) is 20.0 Å². The first kappa shape index (κ1) is 15.4. The predicted molar refractivity (Wildman–Crippen MR) is 81.4 cm³/mol. The molecule has 0 aliphatic carbocycles. The number of nitrogens with one attached hydrogen (secondary N) is 2. The third-order valence-corrected chi connectivity index (χ3v) is 4.45. The van der Waals surface area contributed by atoms with Crippen molar-refractivity contribution in [2.75, 3.05) is 11.9 Å². The molecule has 112 valence electrons. The highest BCUT2D eigenvalue weighted by atomic mass is 32.2. The molecule has 2 aromatic heterocycles. The van der Waals surface area contributed by atoms with Crippen LogP contribution in [0.5, 0.6) is 0 Å². The first-order valence-corrected chi connectivity index (χ1v) is 8.13. The van der Waals surface area contributed by atoms with Gasteiger partial charge in [-0.15, -0.1) is 0 Å². The van der Waals surface area contributed by atoms with Crippen molar-refractivity contribution in [2.45, 2.75) is 24.8 Å². The second-order valence-corrected chi connectivity index (χ2v) is 6.25. The summed E-state index contributed by atoms with van der Waals surface area (Å²) in [7, 11) is -3.61. The zero-order valence-corrected chi connectivity index (χ0v) is 12.8. The molecule has 0 bridgehead atoms. The Labute approximate surface area is 124 Å². The molecular weight excluding hydrogens is 288 g/mol. The molecule has 7 heteroatoms. The van der Waals surface area contributed by atoms with Crippen molar-refractivity contribution in [1.82, 2.24) is 14.7 Å². The molecule has 0 saturated heterocycles. The minimum absolute atomic E-state index is 0.139. The SMILES string of the molecule is CCNc1ccc(S(=O)(=O)NC(C)c2cccnc2)cn1. The number of pyridine rings is 2. The fourth-order valence-corrected chi connectivity index (χ4v) is 3.00. The van der Waals surface area contributed by atoms with Crippen LogP contribution in [-0.2, 0) is 10.0 Å². The zero-order valence-electron chi connectivity index (χ0n) is 11.9. The first-order valence-electron chi connectivity index (χ1n) is 6.65. The number of anilines is 1. The molecule has 0 fully saturated rings. The van der Waals surface area contributed by atoms with E-state index in [-0.39, 0.29) is 10.9 Å². The highest BCUT2D eigenvalue weighted by Gasteiger charge is 2.18. The van der Waals surface area contributed by atoms with E-state index in [0.717, 1.165) is 12.1 Å². The highest BCUT2D eigenvalue weighted by Crippen LogP contribution is 2.16. The Hall–Kier alpha value is -1.99. The maximum absolute atomic E-state index is 12.3. The Morgan fingerprint density at radius 3 is 2.62 bits per heavy atom. The van der Waals surface area contributed by atoms with E-state index in [4.69, 9.17) is 0 Å². The van der Waals surface area contributed by atoms with Crippen LogP contribution >= 0.6 is 0 Å². The molecule has 1 atom stereocenters. The fourth-order valence-electron chi connectivity index (χ4n) is 1.83. The summed E-state index contributed by atoms with van der Waals surface area (Å²) in [5, 5.41) is 3.02. The Morgan fingerprint density at radius 2 is 2.05 bits per heavy atom. The van der Waals surface area contributed by atoms with Crippen molar-refractivity contribution < 1.29 is 8.42 Å². The molecule has 0 aliphatic rings. The van der Waals surface area contributed by atoms with Gasteiger partial charge < -0.3 is 5.32 Å². The van der Waals surface area contributed by atoms with Crippen molar-refractivity contribution in [2.24, 2.45) is 0 Å². The minimum Gasteiger partial charge on any atom is -0.370 e. The van der Waals surface area contributed by atoms with Gasteiger partial charge in [-0.1, -0.05) is 6.07 Å². The highest BCUT2D eigenvalue weighted by molar-refractivity contribution is 7.89. The van der Waals surface area contributed by atoms with Gasteiger partial charge in [-0.25, -0.2) is 18.1 Å². The summed E-state index contributed by atoms with van der Waals surface area (Å²) in [6.07, 6.45) is 4.63. The average Bonchev–Trinajstić information content (AvgIpc) is 2.48. The van der Waals surface area contributed by atoms with Crippen molar-refractivity contribution in [3.05, 3.63) is 48.4 Å². The average molecular weight is 306 g/mol. The molecule has 0 saturated carbocycles. The van der Waals surface area contributed by atoms with Crippen LogP contribution in [0.25, 0.3) is 0 Å². The smallest absolute Gasteiger partial charge is 0.242 e. The van der Waals surface area contributed by atoms with Crippen molar-refractivity contribution >= 4 is 15.8 Å². The monoisotopic (exact) mass is 306 g/mol. The molecule has 2 heterocycles. The van der Waals surface area contributed by atoms with E-state index in [0.29, 0.717) is 5.82 Å². The van der Waals surface area contributed by atoms with Crippen LogP contribution in [0.4, 0.5) is 5.82 Å². The normalized spacial score (nSPS) is 12.9. The second-order valence-electron chi connectivity index (χ2n) is 4.54. The number of hydrogen-bond acceptors (Lipinski definition) is 5. The summed E-state index contributed by atoms with van der Waals surface area (Å²) >= 11 is 0. The van der Waals surface area contributed by atoms with E-state index in [1.54, 1.807) is 31.5 Å². The number of sulfonamides is 1. The van der Waals surface area contributed by atoms with E-state index < -0.39 is 10.0 Å².